The Kier molecular flexibility index (Phi) is 7.41. The van der Waals surface area contributed by atoms with E-state index in [1.54, 1.807) is 6.07 Å². The third-order valence-electron chi connectivity index (χ3n) is 6.23. The van der Waals surface area contributed by atoms with Gasteiger partial charge < -0.3 is 16.0 Å². The predicted octanol–water partition coefficient (Wildman–Crippen LogP) is 3.62. The van der Waals surface area contributed by atoms with Crippen LogP contribution >= 0.6 is 11.3 Å². The molecule has 1 aliphatic heterocycles. The molecule has 1 aromatic carbocycles. The zero-order valence-corrected chi connectivity index (χ0v) is 20.4. The summed E-state index contributed by atoms with van der Waals surface area (Å²) in [6.07, 6.45) is 11.1. The van der Waals surface area contributed by atoms with Gasteiger partial charge in [0.1, 0.15) is 5.01 Å². The summed E-state index contributed by atoms with van der Waals surface area (Å²) in [5.41, 5.74) is 1.86. The van der Waals surface area contributed by atoms with E-state index < -0.39 is 0 Å². The van der Waals surface area contributed by atoms with Crippen molar-refractivity contribution in [1.82, 2.24) is 25.7 Å². The number of nitrogens with zero attached hydrogens (tertiary/aromatic N) is 4. The van der Waals surface area contributed by atoms with Crippen molar-refractivity contribution < 1.29 is 9.59 Å². The van der Waals surface area contributed by atoms with Crippen molar-refractivity contribution in [2.45, 2.75) is 44.1 Å². The summed E-state index contributed by atoms with van der Waals surface area (Å²) in [6, 6.07) is 13.3. The van der Waals surface area contributed by atoms with Crippen LogP contribution in [0, 0.1) is 5.92 Å². The van der Waals surface area contributed by atoms with Gasteiger partial charge >= 0.3 is 0 Å². The summed E-state index contributed by atoms with van der Waals surface area (Å²) in [7, 11) is 0. The molecule has 1 unspecified atom stereocenters. The topological polar surface area (TPSA) is 122 Å². The highest BCUT2D eigenvalue weighted by molar-refractivity contribution is 7.15. The summed E-state index contributed by atoms with van der Waals surface area (Å²) >= 11 is 1.45. The Balaban J connectivity index is 1.04. The van der Waals surface area contributed by atoms with Crippen molar-refractivity contribution in [2.24, 2.45) is 5.92 Å². The normalized spacial score (nSPS) is 20.3. The van der Waals surface area contributed by atoms with E-state index in [0.29, 0.717) is 35.6 Å². The monoisotopic (exact) mass is 501 g/mol. The average Bonchev–Trinajstić information content (AvgIpc) is 3.31. The molecule has 2 amide bonds. The minimum atomic E-state index is -0.114. The Morgan fingerprint density at radius 2 is 1.81 bits per heavy atom. The average molecular weight is 502 g/mol. The standard InChI is InChI=1S/C26H27N7O2S/c34-23(15-17-6-2-1-3-7-17)28-22-10-9-21(30-31-22)14-18-12-19(13-18)25-32-33-26(36-25)29-24(35)16-20-8-4-5-11-27-20/h1-11,18-20,27H,12-16H2,(H,28,31,34)(H,29,33,35)/t18-,19+,20?. The second-order valence-corrected chi connectivity index (χ2v) is 10.1. The molecule has 10 heteroatoms. The number of hydrogen-bond donors (Lipinski definition) is 3. The summed E-state index contributed by atoms with van der Waals surface area (Å²) in [5.74, 6) is 1.12. The Labute approximate surface area is 213 Å². The molecule has 3 heterocycles. The fourth-order valence-electron chi connectivity index (χ4n) is 4.34. The molecule has 5 rings (SSSR count). The maximum absolute atomic E-state index is 12.3. The molecule has 1 fully saturated rings. The van der Waals surface area contributed by atoms with Crippen molar-refractivity contribution in [1.29, 1.82) is 0 Å². The van der Waals surface area contributed by atoms with Gasteiger partial charge in [0, 0.05) is 5.92 Å². The highest BCUT2D eigenvalue weighted by atomic mass is 32.1. The Morgan fingerprint density at radius 3 is 2.56 bits per heavy atom. The summed E-state index contributed by atoms with van der Waals surface area (Å²) < 4.78 is 0. The first-order valence-corrected chi connectivity index (χ1v) is 12.8. The lowest BCUT2D eigenvalue weighted by atomic mass is 9.73. The molecule has 36 heavy (non-hydrogen) atoms. The van der Waals surface area contributed by atoms with E-state index in [4.69, 9.17) is 0 Å². The molecule has 3 aromatic rings. The lowest BCUT2D eigenvalue weighted by Crippen LogP contribution is -2.29. The highest BCUT2D eigenvalue weighted by Crippen LogP contribution is 2.44. The van der Waals surface area contributed by atoms with Crippen LogP contribution in [0.4, 0.5) is 10.9 Å². The zero-order valence-electron chi connectivity index (χ0n) is 19.6. The summed E-state index contributed by atoms with van der Waals surface area (Å²) in [5, 5.41) is 27.2. The van der Waals surface area contributed by atoms with Crippen molar-refractivity contribution in [3.8, 4) is 0 Å². The smallest absolute Gasteiger partial charge is 0.229 e. The van der Waals surface area contributed by atoms with Crippen LogP contribution < -0.4 is 16.0 Å². The number of amides is 2. The van der Waals surface area contributed by atoms with Crippen LogP contribution in [0.3, 0.4) is 0 Å². The number of carbonyl (C=O) groups is 2. The molecular formula is C26H27N7O2S. The van der Waals surface area contributed by atoms with E-state index >= 15 is 0 Å². The molecule has 0 bridgehead atoms. The fraction of sp³-hybridized carbons (Fsp3) is 0.308. The van der Waals surface area contributed by atoms with Crippen molar-refractivity contribution in [3.63, 3.8) is 0 Å². The van der Waals surface area contributed by atoms with E-state index in [0.717, 1.165) is 35.5 Å². The van der Waals surface area contributed by atoms with Gasteiger partial charge in [-0.2, -0.15) is 5.10 Å². The number of benzene rings is 1. The molecule has 1 atom stereocenters. The van der Waals surface area contributed by atoms with Crippen molar-refractivity contribution >= 4 is 34.1 Å². The van der Waals surface area contributed by atoms with Gasteiger partial charge in [-0.15, -0.1) is 15.3 Å². The van der Waals surface area contributed by atoms with Crippen molar-refractivity contribution in [2.75, 3.05) is 10.6 Å². The van der Waals surface area contributed by atoms with Gasteiger partial charge in [0.15, 0.2) is 5.82 Å². The molecule has 3 N–H and O–H groups in total. The van der Waals surface area contributed by atoms with Gasteiger partial charge in [0.25, 0.3) is 0 Å². The van der Waals surface area contributed by atoms with Crippen LogP contribution in [0.15, 0.2) is 66.9 Å². The largest absolute Gasteiger partial charge is 0.384 e. The number of carbonyl (C=O) groups excluding carboxylic acids is 2. The Morgan fingerprint density at radius 1 is 0.944 bits per heavy atom. The maximum Gasteiger partial charge on any atom is 0.229 e. The minimum Gasteiger partial charge on any atom is -0.384 e. The van der Waals surface area contributed by atoms with Gasteiger partial charge in [-0.3, -0.25) is 9.59 Å². The molecule has 1 saturated carbocycles. The number of rotatable bonds is 9. The van der Waals surface area contributed by atoms with E-state index in [1.807, 2.05) is 60.8 Å². The molecular weight excluding hydrogens is 474 g/mol. The van der Waals surface area contributed by atoms with Gasteiger partial charge in [-0.1, -0.05) is 53.8 Å². The lowest BCUT2D eigenvalue weighted by molar-refractivity contribution is -0.117. The SMILES string of the molecule is O=C(Cc1ccccc1)Nc1ccc(C[C@H]2C[C@@H](c3nnc(NC(=O)CC4C=CC=CN4)s3)C2)nn1. The third kappa shape index (κ3) is 6.39. The van der Waals surface area contributed by atoms with E-state index in [2.05, 4.69) is 36.3 Å². The van der Waals surface area contributed by atoms with Crippen LogP contribution in [0.25, 0.3) is 0 Å². The van der Waals surface area contributed by atoms with Crippen molar-refractivity contribution in [3.05, 3.63) is 83.2 Å². The van der Waals surface area contributed by atoms with E-state index in [9.17, 15) is 9.59 Å². The van der Waals surface area contributed by atoms with Crippen LogP contribution in [0.1, 0.15) is 41.4 Å². The summed E-state index contributed by atoms with van der Waals surface area (Å²) in [4.78, 5) is 24.5. The molecule has 2 aliphatic rings. The van der Waals surface area contributed by atoms with Gasteiger partial charge in [-0.05, 0) is 55.2 Å². The van der Waals surface area contributed by atoms with Gasteiger partial charge in [0.05, 0.1) is 24.6 Å². The molecule has 2 aromatic heterocycles. The third-order valence-corrected chi connectivity index (χ3v) is 7.23. The van der Waals surface area contributed by atoms with Crippen LogP contribution in [0.2, 0.25) is 0 Å². The van der Waals surface area contributed by atoms with E-state index in [-0.39, 0.29) is 17.9 Å². The number of anilines is 2. The van der Waals surface area contributed by atoms with E-state index in [1.165, 1.54) is 11.3 Å². The van der Waals surface area contributed by atoms with Crippen LogP contribution in [-0.4, -0.2) is 38.3 Å². The first-order chi connectivity index (χ1) is 17.6. The van der Waals surface area contributed by atoms with Gasteiger partial charge in [0.2, 0.25) is 16.9 Å². The quantitative estimate of drug-likeness (QED) is 0.409. The highest BCUT2D eigenvalue weighted by Gasteiger charge is 2.33. The van der Waals surface area contributed by atoms with Crippen LogP contribution in [0.5, 0.6) is 0 Å². The first-order valence-electron chi connectivity index (χ1n) is 12.0. The number of nitrogens with one attached hydrogen (secondary N) is 3. The Hall–Kier alpha value is -3.92. The second kappa shape index (κ2) is 11.2. The molecule has 1 aliphatic carbocycles. The summed E-state index contributed by atoms with van der Waals surface area (Å²) in [6.45, 7) is 0. The number of allylic oxidation sites excluding steroid dienone is 2. The number of aromatic nitrogens is 4. The first kappa shape index (κ1) is 23.8. The Bertz CT molecular complexity index is 1250. The predicted molar refractivity (Wildman–Crippen MR) is 138 cm³/mol. The lowest BCUT2D eigenvalue weighted by Gasteiger charge is -2.33. The molecule has 0 saturated heterocycles. The molecule has 0 spiro atoms. The zero-order chi connectivity index (χ0) is 24.7. The molecule has 9 nitrogen and oxygen atoms in total. The number of hydrogen-bond acceptors (Lipinski definition) is 8. The maximum atomic E-state index is 12.3. The minimum absolute atomic E-state index is 0.00231. The van der Waals surface area contributed by atoms with Crippen LogP contribution in [-0.2, 0) is 22.4 Å². The fourth-order valence-corrected chi connectivity index (χ4v) is 5.22. The number of dihydropyridines is 1. The molecule has 184 valence electrons. The second-order valence-electron chi connectivity index (χ2n) is 9.07. The van der Waals surface area contributed by atoms with Gasteiger partial charge in [-0.25, -0.2) is 0 Å². The molecule has 0 radical (unpaired) electrons.